The summed E-state index contributed by atoms with van der Waals surface area (Å²) >= 11 is 1.25. The van der Waals surface area contributed by atoms with Gasteiger partial charge in [-0.1, -0.05) is 0 Å². The number of thioether (sulfide) groups is 1. The topological polar surface area (TPSA) is 121 Å². The lowest BCUT2D eigenvalue weighted by atomic mass is 9.99. The van der Waals surface area contributed by atoms with Gasteiger partial charge in [-0.15, -0.1) is 11.8 Å². The van der Waals surface area contributed by atoms with Crippen molar-refractivity contribution in [3.8, 4) is 0 Å². The summed E-state index contributed by atoms with van der Waals surface area (Å²) in [5.41, 5.74) is -0.00561. The molecule has 128 valence electrons. The Bertz CT molecular complexity index is 723. The summed E-state index contributed by atoms with van der Waals surface area (Å²) in [5.74, 6) is -0.704. The fraction of sp³-hybridized carbons (Fsp3) is 0.400. The Hall–Kier alpha value is -2.42. The van der Waals surface area contributed by atoms with Gasteiger partial charge in [0, 0.05) is 26.6 Å². The fourth-order valence-electron chi connectivity index (χ4n) is 2.21. The van der Waals surface area contributed by atoms with Crippen molar-refractivity contribution in [2.45, 2.75) is 19.3 Å². The summed E-state index contributed by atoms with van der Waals surface area (Å²) in [7, 11) is 3.02. The number of nitrogens with zero attached hydrogens (tertiary/aromatic N) is 1. The van der Waals surface area contributed by atoms with E-state index in [1.54, 1.807) is 7.05 Å². The number of hydrogen-bond donors (Lipinski definition) is 3. The van der Waals surface area contributed by atoms with Crippen molar-refractivity contribution in [3.05, 3.63) is 27.9 Å². The molecule has 8 nitrogen and oxygen atoms in total. The summed E-state index contributed by atoms with van der Waals surface area (Å²) < 4.78 is 0. The summed E-state index contributed by atoms with van der Waals surface area (Å²) in [6.45, 7) is 0. The van der Waals surface area contributed by atoms with E-state index in [4.69, 9.17) is 0 Å². The lowest BCUT2D eigenvalue weighted by molar-refractivity contribution is -0.120. The van der Waals surface area contributed by atoms with Crippen LogP contribution in [-0.4, -0.2) is 53.4 Å². The molecule has 0 saturated carbocycles. The van der Waals surface area contributed by atoms with Crippen molar-refractivity contribution in [1.29, 1.82) is 0 Å². The van der Waals surface area contributed by atoms with Crippen molar-refractivity contribution in [2.75, 3.05) is 19.8 Å². The Morgan fingerprint density at radius 1 is 1.21 bits per heavy atom. The van der Waals surface area contributed by atoms with Crippen LogP contribution >= 0.6 is 11.8 Å². The highest BCUT2D eigenvalue weighted by atomic mass is 32.2. The summed E-state index contributed by atoms with van der Waals surface area (Å²) in [4.78, 5) is 47.8. The van der Waals surface area contributed by atoms with Crippen LogP contribution in [0.1, 0.15) is 50.6 Å². The van der Waals surface area contributed by atoms with Gasteiger partial charge in [-0.05, 0) is 18.6 Å². The standard InChI is InChI=1S/C15H18N4O4S/c1-16-10(21)5-3-4-6-24-9-7-8(20)12-11(14(9)22)13(19-18-12)15(23)17-2/h7H,3-6H2,1-2H3,(H,16,21)(H,17,23)(H,18,19). The van der Waals surface area contributed by atoms with Gasteiger partial charge < -0.3 is 10.6 Å². The van der Waals surface area contributed by atoms with E-state index in [0.29, 0.717) is 23.5 Å². The minimum Gasteiger partial charge on any atom is -0.359 e. The molecule has 1 aliphatic carbocycles. The number of allylic oxidation sites excluding steroid dienone is 2. The van der Waals surface area contributed by atoms with Gasteiger partial charge >= 0.3 is 0 Å². The van der Waals surface area contributed by atoms with Crippen molar-refractivity contribution >= 4 is 35.1 Å². The van der Waals surface area contributed by atoms with Crippen LogP contribution in [0.3, 0.4) is 0 Å². The first kappa shape index (κ1) is 17.9. The summed E-state index contributed by atoms with van der Waals surface area (Å²) in [6, 6.07) is 0. The third-order valence-electron chi connectivity index (χ3n) is 3.50. The third-order valence-corrected chi connectivity index (χ3v) is 4.61. The first-order valence-corrected chi connectivity index (χ1v) is 8.42. The molecule has 2 amide bonds. The number of aromatic nitrogens is 2. The molecule has 1 aromatic rings. The number of unbranched alkanes of at least 4 members (excludes halogenated alkanes) is 1. The van der Waals surface area contributed by atoms with E-state index >= 15 is 0 Å². The van der Waals surface area contributed by atoms with E-state index in [2.05, 4.69) is 20.8 Å². The van der Waals surface area contributed by atoms with E-state index in [1.165, 1.54) is 24.9 Å². The van der Waals surface area contributed by atoms with Crippen LogP contribution in [0, 0.1) is 0 Å². The van der Waals surface area contributed by atoms with Gasteiger partial charge in [0.1, 0.15) is 11.4 Å². The molecule has 24 heavy (non-hydrogen) atoms. The van der Waals surface area contributed by atoms with Crippen LogP contribution in [0.4, 0.5) is 0 Å². The number of hydrogen-bond acceptors (Lipinski definition) is 6. The van der Waals surface area contributed by atoms with Gasteiger partial charge in [-0.3, -0.25) is 24.3 Å². The Morgan fingerprint density at radius 2 is 1.96 bits per heavy atom. The zero-order valence-corrected chi connectivity index (χ0v) is 14.2. The average molecular weight is 350 g/mol. The molecule has 0 unspecified atom stereocenters. The zero-order valence-electron chi connectivity index (χ0n) is 13.4. The second-order valence-electron chi connectivity index (χ2n) is 5.08. The molecule has 2 rings (SSSR count). The first-order valence-electron chi connectivity index (χ1n) is 7.44. The number of fused-ring (bicyclic) bond motifs is 1. The molecule has 0 saturated heterocycles. The Balaban J connectivity index is 2.02. The molecular weight excluding hydrogens is 332 g/mol. The molecule has 0 aromatic carbocycles. The largest absolute Gasteiger partial charge is 0.359 e. The van der Waals surface area contributed by atoms with Crippen LogP contribution in [-0.2, 0) is 4.79 Å². The maximum absolute atomic E-state index is 12.5. The van der Waals surface area contributed by atoms with E-state index in [1.807, 2.05) is 0 Å². The highest BCUT2D eigenvalue weighted by molar-refractivity contribution is 8.04. The minimum atomic E-state index is -0.498. The summed E-state index contributed by atoms with van der Waals surface area (Å²) in [6.07, 6.45) is 3.11. The van der Waals surface area contributed by atoms with Crippen LogP contribution < -0.4 is 10.6 Å². The highest BCUT2D eigenvalue weighted by Gasteiger charge is 2.33. The monoisotopic (exact) mass is 350 g/mol. The van der Waals surface area contributed by atoms with Crippen molar-refractivity contribution in [1.82, 2.24) is 20.8 Å². The minimum absolute atomic E-state index is 0.00309. The Labute approximate surface area is 142 Å². The number of carbonyl (C=O) groups is 4. The maximum Gasteiger partial charge on any atom is 0.269 e. The van der Waals surface area contributed by atoms with Gasteiger partial charge in [0.05, 0.1) is 10.5 Å². The first-order chi connectivity index (χ1) is 11.5. The second-order valence-corrected chi connectivity index (χ2v) is 6.22. The number of carbonyl (C=O) groups excluding carboxylic acids is 4. The molecule has 0 aliphatic heterocycles. The van der Waals surface area contributed by atoms with Gasteiger partial charge in [0.2, 0.25) is 17.5 Å². The molecule has 0 bridgehead atoms. The quantitative estimate of drug-likeness (QED) is 0.622. The molecule has 3 N–H and O–H groups in total. The van der Waals surface area contributed by atoms with Crippen molar-refractivity contribution in [2.24, 2.45) is 0 Å². The normalized spacial score (nSPS) is 13.3. The number of H-pyrrole nitrogens is 1. The SMILES string of the molecule is CNC(=O)CCCCSC1=CC(=O)c2n[nH]c(C(=O)NC)c2C1=O. The van der Waals surface area contributed by atoms with Gasteiger partial charge in [0.25, 0.3) is 5.91 Å². The Morgan fingerprint density at radius 3 is 2.62 bits per heavy atom. The van der Waals surface area contributed by atoms with Gasteiger partial charge in [-0.2, -0.15) is 5.10 Å². The number of rotatable bonds is 7. The number of ketones is 2. The number of amides is 2. The maximum atomic E-state index is 12.5. The van der Waals surface area contributed by atoms with Crippen LogP contribution in [0.2, 0.25) is 0 Å². The average Bonchev–Trinajstić information content (AvgIpc) is 3.03. The highest BCUT2D eigenvalue weighted by Crippen LogP contribution is 2.29. The smallest absolute Gasteiger partial charge is 0.269 e. The number of aromatic amines is 1. The molecule has 9 heteroatoms. The van der Waals surface area contributed by atoms with Crippen molar-refractivity contribution < 1.29 is 19.2 Å². The van der Waals surface area contributed by atoms with Gasteiger partial charge in [-0.25, -0.2) is 0 Å². The van der Waals surface area contributed by atoms with Gasteiger partial charge in [0.15, 0.2) is 0 Å². The van der Waals surface area contributed by atoms with Crippen LogP contribution in [0.15, 0.2) is 11.0 Å². The molecule has 0 radical (unpaired) electrons. The lowest BCUT2D eigenvalue weighted by Crippen LogP contribution is -2.23. The Kier molecular flexibility index (Phi) is 5.91. The van der Waals surface area contributed by atoms with E-state index in [-0.39, 0.29) is 28.6 Å². The second kappa shape index (κ2) is 7.91. The van der Waals surface area contributed by atoms with E-state index in [9.17, 15) is 19.2 Å². The number of nitrogens with one attached hydrogen (secondary N) is 3. The van der Waals surface area contributed by atoms with Crippen molar-refractivity contribution in [3.63, 3.8) is 0 Å². The predicted octanol–water partition coefficient (Wildman–Crippen LogP) is 0.682. The van der Waals surface area contributed by atoms with Crippen LogP contribution in [0.5, 0.6) is 0 Å². The summed E-state index contributed by atoms with van der Waals surface area (Å²) in [5, 5.41) is 11.2. The molecule has 0 atom stereocenters. The molecule has 1 heterocycles. The molecular formula is C15H18N4O4S. The van der Waals surface area contributed by atoms with E-state index in [0.717, 1.165) is 6.42 Å². The molecule has 1 aromatic heterocycles. The molecule has 0 spiro atoms. The van der Waals surface area contributed by atoms with E-state index < -0.39 is 11.7 Å². The van der Waals surface area contributed by atoms with Crippen LogP contribution in [0.25, 0.3) is 0 Å². The molecule has 0 fully saturated rings. The predicted molar refractivity (Wildman–Crippen MR) is 89.1 cm³/mol. The lowest BCUT2D eigenvalue weighted by Gasteiger charge is -2.11. The third kappa shape index (κ3) is 3.73. The zero-order chi connectivity index (χ0) is 17.7. The fourth-order valence-corrected chi connectivity index (χ4v) is 3.20. The number of Topliss-reactive ketones (excluding diaryl/α,β-unsaturated/α-hetero) is 1. The molecule has 1 aliphatic rings.